The molecule has 0 aliphatic rings. The Bertz CT molecular complexity index is 1160. The van der Waals surface area contributed by atoms with E-state index in [0.717, 1.165) is 0 Å². The Morgan fingerprint density at radius 1 is 0.909 bits per heavy atom. The maximum atomic E-state index is 12.2. The lowest BCUT2D eigenvalue weighted by atomic mass is 10.2. The number of carbonyl (C=O) groups is 3. The van der Waals surface area contributed by atoms with Gasteiger partial charge in [0.05, 0.1) is 29.1 Å². The first-order chi connectivity index (χ1) is 16.0. The van der Waals surface area contributed by atoms with Crippen LogP contribution in [0.1, 0.15) is 22.8 Å². The van der Waals surface area contributed by atoms with Gasteiger partial charge in [-0.1, -0.05) is 23.7 Å². The number of amides is 2. The fraction of sp³-hybridized carbons (Fsp3) is 0.0833. The number of rotatable bonds is 7. The number of ether oxygens (including phenoxy) is 2. The van der Waals surface area contributed by atoms with Crippen molar-refractivity contribution >= 4 is 41.3 Å². The van der Waals surface area contributed by atoms with Crippen molar-refractivity contribution in [2.75, 3.05) is 11.9 Å². The van der Waals surface area contributed by atoms with Crippen molar-refractivity contribution in [3.63, 3.8) is 0 Å². The van der Waals surface area contributed by atoms with Gasteiger partial charge in [-0.2, -0.15) is 5.10 Å². The van der Waals surface area contributed by atoms with Gasteiger partial charge in [0.2, 0.25) is 0 Å². The second-order valence-electron chi connectivity index (χ2n) is 6.55. The molecule has 2 N–H and O–H groups in total. The molecule has 3 aromatic carbocycles. The van der Waals surface area contributed by atoms with E-state index >= 15 is 0 Å². The Hall–Kier alpha value is -4.17. The first-order valence-corrected chi connectivity index (χ1v) is 10.3. The van der Waals surface area contributed by atoms with Crippen molar-refractivity contribution in [1.82, 2.24) is 5.43 Å². The molecule has 0 atom stereocenters. The number of benzene rings is 3. The Morgan fingerprint density at radius 2 is 1.58 bits per heavy atom. The molecule has 0 bridgehead atoms. The van der Waals surface area contributed by atoms with E-state index in [0.29, 0.717) is 39.9 Å². The van der Waals surface area contributed by atoms with Crippen LogP contribution in [-0.4, -0.2) is 30.6 Å². The van der Waals surface area contributed by atoms with Crippen molar-refractivity contribution < 1.29 is 23.9 Å². The SMILES string of the molecule is CCOc1ccc(C(=O)Oc2ccc(C=NNC(=O)C(=O)Nc3ccccc3Cl)cc2)cc1. The lowest BCUT2D eigenvalue weighted by molar-refractivity contribution is -0.136. The van der Waals surface area contributed by atoms with Crippen LogP contribution in [0.5, 0.6) is 11.5 Å². The summed E-state index contributed by atoms with van der Waals surface area (Å²) in [7, 11) is 0. The fourth-order valence-corrected chi connectivity index (χ4v) is 2.78. The smallest absolute Gasteiger partial charge is 0.343 e. The van der Waals surface area contributed by atoms with E-state index in [1.807, 2.05) is 6.92 Å². The summed E-state index contributed by atoms with van der Waals surface area (Å²) in [6, 6.07) is 19.6. The minimum atomic E-state index is -0.952. The number of nitrogens with one attached hydrogen (secondary N) is 2. The highest BCUT2D eigenvalue weighted by atomic mass is 35.5. The summed E-state index contributed by atoms with van der Waals surface area (Å²) in [4.78, 5) is 36.0. The Kier molecular flexibility index (Phi) is 8.15. The van der Waals surface area contributed by atoms with E-state index in [1.54, 1.807) is 72.8 Å². The minimum absolute atomic E-state index is 0.311. The van der Waals surface area contributed by atoms with E-state index in [-0.39, 0.29) is 0 Å². The molecule has 0 heterocycles. The van der Waals surface area contributed by atoms with Crippen LogP contribution in [-0.2, 0) is 9.59 Å². The van der Waals surface area contributed by atoms with Crippen LogP contribution < -0.4 is 20.2 Å². The average Bonchev–Trinajstić information content (AvgIpc) is 2.82. The maximum Gasteiger partial charge on any atom is 0.343 e. The van der Waals surface area contributed by atoms with Gasteiger partial charge in [-0.15, -0.1) is 0 Å². The normalized spacial score (nSPS) is 10.5. The average molecular weight is 466 g/mol. The first kappa shape index (κ1) is 23.5. The Labute approximate surface area is 195 Å². The van der Waals surface area contributed by atoms with E-state index in [9.17, 15) is 14.4 Å². The number of hydrogen-bond donors (Lipinski definition) is 2. The van der Waals surface area contributed by atoms with Crippen LogP contribution in [0.3, 0.4) is 0 Å². The lowest BCUT2D eigenvalue weighted by Crippen LogP contribution is -2.32. The van der Waals surface area contributed by atoms with Gasteiger partial charge >= 0.3 is 17.8 Å². The minimum Gasteiger partial charge on any atom is -0.494 e. The standard InChI is InChI=1S/C24H20ClN3O5/c1-2-32-18-13-9-17(10-14-18)24(31)33-19-11-7-16(8-12-19)15-26-28-23(30)22(29)27-21-6-4-3-5-20(21)25/h3-15H,2H2,1H3,(H,27,29)(H,28,30). The number of nitrogens with zero attached hydrogens (tertiary/aromatic N) is 1. The molecule has 9 heteroatoms. The van der Waals surface area contributed by atoms with E-state index in [4.69, 9.17) is 21.1 Å². The predicted octanol–water partition coefficient (Wildman–Crippen LogP) is 4.05. The van der Waals surface area contributed by atoms with Crippen LogP contribution in [0.2, 0.25) is 5.02 Å². The van der Waals surface area contributed by atoms with Gasteiger partial charge in [0, 0.05) is 0 Å². The largest absolute Gasteiger partial charge is 0.494 e. The number of esters is 1. The molecule has 0 saturated heterocycles. The molecule has 0 aliphatic heterocycles. The number of halogens is 1. The third kappa shape index (κ3) is 6.91. The van der Waals surface area contributed by atoms with Crippen LogP contribution in [0.4, 0.5) is 5.69 Å². The molecule has 3 aromatic rings. The van der Waals surface area contributed by atoms with Crippen LogP contribution >= 0.6 is 11.6 Å². The Morgan fingerprint density at radius 3 is 2.24 bits per heavy atom. The zero-order chi connectivity index (χ0) is 23.6. The van der Waals surface area contributed by atoms with Gasteiger partial charge in [0.25, 0.3) is 0 Å². The summed E-state index contributed by atoms with van der Waals surface area (Å²) in [5.41, 5.74) is 3.45. The van der Waals surface area contributed by atoms with Gasteiger partial charge < -0.3 is 14.8 Å². The summed E-state index contributed by atoms with van der Waals surface area (Å²) < 4.78 is 10.7. The van der Waals surface area contributed by atoms with Crippen molar-refractivity contribution in [3.8, 4) is 11.5 Å². The molecule has 3 rings (SSSR count). The van der Waals surface area contributed by atoms with Crippen LogP contribution in [0.25, 0.3) is 0 Å². The topological polar surface area (TPSA) is 106 Å². The Balaban J connectivity index is 1.50. The predicted molar refractivity (Wildman–Crippen MR) is 125 cm³/mol. The van der Waals surface area contributed by atoms with Gasteiger partial charge in [0.15, 0.2) is 0 Å². The highest BCUT2D eigenvalue weighted by molar-refractivity contribution is 6.41. The summed E-state index contributed by atoms with van der Waals surface area (Å²) in [5, 5.41) is 6.46. The second-order valence-corrected chi connectivity index (χ2v) is 6.96. The van der Waals surface area contributed by atoms with E-state index in [1.165, 1.54) is 6.21 Å². The molecule has 0 saturated carbocycles. The quantitative estimate of drug-likeness (QED) is 0.180. The summed E-state index contributed by atoms with van der Waals surface area (Å²) >= 11 is 5.94. The summed E-state index contributed by atoms with van der Waals surface area (Å²) in [6.07, 6.45) is 1.35. The summed E-state index contributed by atoms with van der Waals surface area (Å²) in [5.74, 6) is -1.35. The number of para-hydroxylation sites is 1. The molecule has 0 spiro atoms. The van der Waals surface area contributed by atoms with E-state index < -0.39 is 17.8 Å². The molecule has 0 fully saturated rings. The van der Waals surface area contributed by atoms with Crippen molar-refractivity contribution in [2.24, 2.45) is 5.10 Å². The lowest BCUT2D eigenvalue weighted by Gasteiger charge is -2.06. The first-order valence-electron chi connectivity index (χ1n) is 9.90. The zero-order valence-corrected chi connectivity index (χ0v) is 18.3. The number of hydrogen-bond acceptors (Lipinski definition) is 6. The molecule has 8 nitrogen and oxygen atoms in total. The molecule has 2 amide bonds. The van der Waals surface area contributed by atoms with Crippen molar-refractivity contribution in [2.45, 2.75) is 6.92 Å². The molecule has 33 heavy (non-hydrogen) atoms. The third-order valence-corrected chi connectivity index (χ3v) is 4.53. The highest BCUT2D eigenvalue weighted by Crippen LogP contribution is 2.20. The number of carbonyl (C=O) groups excluding carboxylic acids is 3. The van der Waals surface area contributed by atoms with Crippen molar-refractivity contribution in [3.05, 3.63) is 88.9 Å². The highest BCUT2D eigenvalue weighted by Gasteiger charge is 2.14. The third-order valence-electron chi connectivity index (χ3n) is 4.20. The van der Waals surface area contributed by atoms with Gasteiger partial charge in [-0.05, 0) is 73.2 Å². The second kappa shape index (κ2) is 11.4. The zero-order valence-electron chi connectivity index (χ0n) is 17.6. The van der Waals surface area contributed by atoms with Crippen LogP contribution in [0.15, 0.2) is 77.9 Å². The van der Waals surface area contributed by atoms with Gasteiger partial charge in [0.1, 0.15) is 11.5 Å². The molecule has 168 valence electrons. The van der Waals surface area contributed by atoms with Crippen molar-refractivity contribution in [1.29, 1.82) is 0 Å². The molecule has 0 aliphatic carbocycles. The summed E-state index contributed by atoms with van der Waals surface area (Å²) in [6.45, 7) is 2.42. The molecular formula is C24H20ClN3O5. The molecular weight excluding hydrogens is 446 g/mol. The molecule has 0 unspecified atom stereocenters. The van der Waals surface area contributed by atoms with E-state index in [2.05, 4.69) is 15.8 Å². The number of hydrazone groups is 1. The molecule has 0 radical (unpaired) electrons. The fourth-order valence-electron chi connectivity index (χ4n) is 2.60. The maximum absolute atomic E-state index is 12.2. The molecule has 0 aromatic heterocycles. The van der Waals surface area contributed by atoms with Gasteiger partial charge in [-0.3, -0.25) is 9.59 Å². The monoisotopic (exact) mass is 465 g/mol. The van der Waals surface area contributed by atoms with Gasteiger partial charge in [-0.25, -0.2) is 10.2 Å². The van der Waals surface area contributed by atoms with Crippen LogP contribution in [0, 0.1) is 0 Å². The number of anilines is 1.